The van der Waals surface area contributed by atoms with Crippen molar-refractivity contribution in [2.24, 2.45) is 0 Å². The number of ether oxygens (including phenoxy) is 1. The molecule has 0 bridgehead atoms. The number of nitrogens with zero attached hydrogens (tertiary/aromatic N) is 3. The third-order valence-electron chi connectivity index (χ3n) is 4.76. The van der Waals surface area contributed by atoms with E-state index in [1.54, 1.807) is 18.5 Å². The van der Waals surface area contributed by atoms with Crippen LogP contribution in [0.4, 0.5) is 17.3 Å². The van der Waals surface area contributed by atoms with Crippen LogP contribution in [-0.2, 0) is 6.42 Å². The predicted octanol–water partition coefficient (Wildman–Crippen LogP) is 4.21. The smallest absolute Gasteiger partial charge is 0.258 e. The Kier molecular flexibility index (Phi) is 4.93. The Morgan fingerprint density at radius 3 is 2.64 bits per heavy atom. The Balaban J connectivity index is 1.53. The number of fused-ring (bicyclic) bond motifs is 1. The van der Waals surface area contributed by atoms with E-state index in [0.29, 0.717) is 29.6 Å². The minimum atomic E-state index is -0.270. The average Bonchev–Trinajstić information content (AvgIpc) is 3.05. The van der Waals surface area contributed by atoms with E-state index >= 15 is 0 Å². The van der Waals surface area contributed by atoms with Gasteiger partial charge in [0.2, 0.25) is 5.95 Å². The first-order valence-electron chi connectivity index (χ1n) is 9.39. The van der Waals surface area contributed by atoms with Crippen molar-refractivity contribution in [3.63, 3.8) is 0 Å². The van der Waals surface area contributed by atoms with Gasteiger partial charge in [-0.05, 0) is 44.0 Å². The molecule has 142 valence electrons. The molecular weight excluding hydrogens is 352 g/mol. The molecule has 6 nitrogen and oxygen atoms in total. The van der Waals surface area contributed by atoms with Gasteiger partial charge in [0.25, 0.3) is 5.91 Å². The second kappa shape index (κ2) is 7.68. The molecule has 2 aromatic carbocycles. The zero-order chi connectivity index (χ0) is 19.5. The maximum Gasteiger partial charge on any atom is 0.258 e. The molecule has 6 heteroatoms. The highest BCUT2D eigenvalue weighted by Crippen LogP contribution is 2.36. The molecule has 0 aliphatic carbocycles. The largest absolute Gasteiger partial charge is 0.492 e. The lowest BCUT2D eigenvalue weighted by Crippen LogP contribution is -2.26. The number of hydrogen-bond donors (Lipinski definition) is 1. The van der Waals surface area contributed by atoms with Crippen LogP contribution < -0.4 is 15.0 Å². The summed E-state index contributed by atoms with van der Waals surface area (Å²) in [6, 6.07) is 15.9. The van der Waals surface area contributed by atoms with E-state index < -0.39 is 0 Å². The van der Waals surface area contributed by atoms with Crippen LogP contribution in [0.2, 0.25) is 0 Å². The van der Waals surface area contributed by atoms with Crippen molar-refractivity contribution >= 4 is 23.2 Å². The van der Waals surface area contributed by atoms with Gasteiger partial charge in [0, 0.05) is 24.1 Å². The standard InChI is InChI=1S/C22H22N4O2/c1-3-28-20-11-7-5-9-18(20)25-21(27)17-13-23-22(24-14-17)26-15(2)12-16-8-4-6-10-19(16)26/h4-11,13-15H,3,12H2,1-2H3,(H,25,27). The number of carbonyl (C=O) groups is 1. The molecule has 1 amide bonds. The summed E-state index contributed by atoms with van der Waals surface area (Å²) in [6.45, 7) is 4.58. The normalized spacial score (nSPS) is 15.2. The molecule has 4 rings (SSSR count). The Bertz CT molecular complexity index is 988. The minimum absolute atomic E-state index is 0.270. The second-order valence-electron chi connectivity index (χ2n) is 6.71. The first-order chi connectivity index (χ1) is 13.7. The predicted molar refractivity (Wildman–Crippen MR) is 109 cm³/mol. The number of rotatable bonds is 5. The summed E-state index contributed by atoms with van der Waals surface area (Å²) in [5.41, 5.74) is 3.43. The molecule has 0 saturated carbocycles. The van der Waals surface area contributed by atoms with Crippen LogP contribution in [0.15, 0.2) is 60.9 Å². The van der Waals surface area contributed by atoms with Crippen LogP contribution >= 0.6 is 0 Å². The topological polar surface area (TPSA) is 67.3 Å². The second-order valence-corrected chi connectivity index (χ2v) is 6.71. The molecule has 1 aliphatic heterocycles. The minimum Gasteiger partial charge on any atom is -0.492 e. The summed E-state index contributed by atoms with van der Waals surface area (Å²) in [5, 5.41) is 2.87. The van der Waals surface area contributed by atoms with E-state index in [1.165, 1.54) is 5.56 Å². The van der Waals surface area contributed by atoms with Crippen LogP contribution in [0.1, 0.15) is 29.8 Å². The maximum absolute atomic E-state index is 12.6. The van der Waals surface area contributed by atoms with Gasteiger partial charge >= 0.3 is 0 Å². The van der Waals surface area contributed by atoms with Gasteiger partial charge in [0.15, 0.2) is 0 Å². The van der Waals surface area contributed by atoms with Gasteiger partial charge in [0.05, 0.1) is 17.9 Å². The Morgan fingerprint density at radius 2 is 1.86 bits per heavy atom. The van der Waals surface area contributed by atoms with Gasteiger partial charge in [-0.3, -0.25) is 4.79 Å². The Hall–Kier alpha value is -3.41. The summed E-state index contributed by atoms with van der Waals surface area (Å²) in [7, 11) is 0. The molecule has 0 saturated heterocycles. The van der Waals surface area contributed by atoms with Gasteiger partial charge in [0.1, 0.15) is 5.75 Å². The zero-order valence-electron chi connectivity index (χ0n) is 15.9. The lowest BCUT2D eigenvalue weighted by atomic mass is 10.1. The van der Waals surface area contributed by atoms with Crippen LogP contribution in [0.25, 0.3) is 0 Å². The van der Waals surface area contributed by atoms with Crippen molar-refractivity contribution < 1.29 is 9.53 Å². The van der Waals surface area contributed by atoms with Crippen molar-refractivity contribution in [1.29, 1.82) is 0 Å². The van der Waals surface area contributed by atoms with Crippen molar-refractivity contribution in [1.82, 2.24) is 9.97 Å². The SMILES string of the molecule is CCOc1ccccc1NC(=O)c1cnc(N2c3ccccc3CC2C)nc1. The van der Waals surface area contributed by atoms with Gasteiger partial charge in [-0.15, -0.1) is 0 Å². The van der Waals surface area contributed by atoms with E-state index in [0.717, 1.165) is 12.1 Å². The molecule has 0 spiro atoms. The summed E-state index contributed by atoms with van der Waals surface area (Å²) in [5.74, 6) is 0.968. The highest BCUT2D eigenvalue weighted by molar-refractivity contribution is 6.04. The number of para-hydroxylation sites is 3. The highest BCUT2D eigenvalue weighted by Gasteiger charge is 2.28. The molecule has 3 aromatic rings. The summed E-state index contributed by atoms with van der Waals surface area (Å²) < 4.78 is 5.55. The number of anilines is 3. The fraction of sp³-hybridized carbons (Fsp3) is 0.227. The van der Waals surface area contributed by atoms with E-state index in [2.05, 4.69) is 39.2 Å². The monoisotopic (exact) mass is 374 g/mol. The molecule has 0 fully saturated rings. The summed E-state index contributed by atoms with van der Waals surface area (Å²) in [6.07, 6.45) is 4.08. The molecule has 1 unspecified atom stereocenters. The fourth-order valence-corrected chi connectivity index (χ4v) is 3.48. The maximum atomic E-state index is 12.6. The van der Waals surface area contributed by atoms with E-state index in [9.17, 15) is 4.79 Å². The number of nitrogens with one attached hydrogen (secondary N) is 1. The van der Waals surface area contributed by atoms with Gasteiger partial charge < -0.3 is 15.0 Å². The molecule has 1 aromatic heterocycles. The van der Waals surface area contributed by atoms with Crippen molar-refractivity contribution in [2.75, 3.05) is 16.8 Å². The van der Waals surface area contributed by atoms with Crippen LogP contribution in [-0.4, -0.2) is 28.5 Å². The van der Waals surface area contributed by atoms with Crippen LogP contribution in [0.5, 0.6) is 5.75 Å². The molecule has 2 heterocycles. The first-order valence-corrected chi connectivity index (χ1v) is 9.39. The molecule has 1 aliphatic rings. The lowest BCUT2D eigenvalue weighted by Gasteiger charge is -2.22. The Labute approximate surface area is 164 Å². The fourth-order valence-electron chi connectivity index (χ4n) is 3.48. The molecule has 0 radical (unpaired) electrons. The van der Waals surface area contributed by atoms with E-state index in [-0.39, 0.29) is 11.9 Å². The number of aromatic nitrogens is 2. The third-order valence-corrected chi connectivity index (χ3v) is 4.76. The van der Waals surface area contributed by atoms with Crippen molar-refractivity contribution in [3.8, 4) is 5.75 Å². The number of carbonyl (C=O) groups excluding carboxylic acids is 1. The number of amides is 1. The Morgan fingerprint density at radius 1 is 1.14 bits per heavy atom. The van der Waals surface area contributed by atoms with Gasteiger partial charge in [-0.1, -0.05) is 30.3 Å². The van der Waals surface area contributed by atoms with Crippen LogP contribution in [0.3, 0.4) is 0 Å². The van der Waals surface area contributed by atoms with Gasteiger partial charge in [-0.25, -0.2) is 9.97 Å². The van der Waals surface area contributed by atoms with Crippen molar-refractivity contribution in [3.05, 3.63) is 72.1 Å². The van der Waals surface area contributed by atoms with Crippen LogP contribution in [0, 0.1) is 0 Å². The zero-order valence-corrected chi connectivity index (χ0v) is 15.9. The summed E-state index contributed by atoms with van der Waals surface area (Å²) in [4.78, 5) is 23.6. The van der Waals surface area contributed by atoms with E-state index in [4.69, 9.17) is 4.74 Å². The van der Waals surface area contributed by atoms with Crippen molar-refractivity contribution in [2.45, 2.75) is 26.3 Å². The van der Waals surface area contributed by atoms with Gasteiger partial charge in [-0.2, -0.15) is 0 Å². The molecule has 1 atom stereocenters. The first kappa shape index (κ1) is 18.0. The number of hydrogen-bond acceptors (Lipinski definition) is 5. The molecule has 1 N–H and O–H groups in total. The molecule has 28 heavy (non-hydrogen) atoms. The third kappa shape index (κ3) is 3.41. The average molecular weight is 374 g/mol. The van der Waals surface area contributed by atoms with E-state index in [1.807, 2.05) is 37.3 Å². The summed E-state index contributed by atoms with van der Waals surface area (Å²) >= 11 is 0. The number of benzene rings is 2. The molecular formula is C22H22N4O2. The lowest BCUT2D eigenvalue weighted by molar-refractivity contribution is 0.102. The quantitative estimate of drug-likeness (QED) is 0.725. The highest BCUT2D eigenvalue weighted by atomic mass is 16.5.